The van der Waals surface area contributed by atoms with E-state index in [2.05, 4.69) is 33.0 Å². The van der Waals surface area contributed by atoms with Gasteiger partial charge in [0, 0.05) is 30.2 Å². The average Bonchev–Trinajstić information content (AvgIpc) is 2.61. The summed E-state index contributed by atoms with van der Waals surface area (Å²) in [5, 5.41) is 0. The molecular formula is C20H25BrN2O2. The minimum absolute atomic E-state index is 0.101. The van der Waals surface area contributed by atoms with Crippen molar-refractivity contribution >= 4 is 21.8 Å². The molecule has 0 saturated carbocycles. The molecule has 0 radical (unpaired) electrons. The molecule has 0 aliphatic carbocycles. The first-order valence-electron chi connectivity index (χ1n) is 8.28. The van der Waals surface area contributed by atoms with Gasteiger partial charge in [0.2, 0.25) is 5.91 Å². The van der Waals surface area contributed by atoms with Crippen LogP contribution in [0.4, 0.5) is 0 Å². The van der Waals surface area contributed by atoms with Crippen molar-refractivity contribution in [1.29, 1.82) is 0 Å². The number of rotatable bonds is 8. The SMILES string of the molecule is COc1ccccc1CN(C)C(=O)CN(C)CCc1ccc(Br)cc1. The van der Waals surface area contributed by atoms with Gasteiger partial charge in [-0.05, 0) is 37.2 Å². The van der Waals surface area contributed by atoms with Gasteiger partial charge in [-0.1, -0.05) is 46.3 Å². The number of halogens is 1. The van der Waals surface area contributed by atoms with Gasteiger partial charge in [-0.2, -0.15) is 0 Å². The number of methoxy groups -OCH3 is 1. The number of carbonyl (C=O) groups excluding carboxylic acids is 1. The second-order valence-corrected chi connectivity index (χ2v) is 7.09. The number of likely N-dealkylation sites (N-methyl/N-ethyl adjacent to an activating group) is 2. The third-order valence-electron chi connectivity index (χ3n) is 4.13. The Labute approximate surface area is 158 Å². The largest absolute Gasteiger partial charge is 0.496 e. The summed E-state index contributed by atoms with van der Waals surface area (Å²) in [7, 11) is 5.46. The monoisotopic (exact) mass is 404 g/mol. The zero-order chi connectivity index (χ0) is 18.2. The minimum Gasteiger partial charge on any atom is -0.496 e. The van der Waals surface area contributed by atoms with E-state index in [0.29, 0.717) is 13.1 Å². The molecule has 0 heterocycles. The highest BCUT2D eigenvalue weighted by Gasteiger charge is 2.14. The lowest BCUT2D eigenvalue weighted by Gasteiger charge is -2.22. The highest BCUT2D eigenvalue weighted by atomic mass is 79.9. The van der Waals surface area contributed by atoms with Gasteiger partial charge in [0.05, 0.1) is 13.7 Å². The van der Waals surface area contributed by atoms with Crippen molar-refractivity contribution in [1.82, 2.24) is 9.80 Å². The molecule has 25 heavy (non-hydrogen) atoms. The van der Waals surface area contributed by atoms with E-state index in [4.69, 9.17) is 4.74 Å². The molecular weight excluding hydrogens is 380 g/mol. The number of carbonyl (C=O) groups is 1. The quantitative estimate of drug-likeness (QED) is 0.673. The fourth-order valence-electron chi connectivity index (χ4n) is 2.58. The molecule has 134 valence electrons. The van der Waals surface area contributed by atoms with Crippen LogP contribution in [0.2, 0.25) is 0 Å². The van der Waals surface area contributed by atoms with Crippen LogP contribution < -0.4 is 4.74 Å². The third-order valence-corrected chi connectivity index (χ3v) is 4.66. The van der Waals surface area contributed by atoms with Crippen LogP contribution in [0, 0.1) is 0 Å². The predicted octanol–water partition coefficient (Wildman–Crippen LogP) is 3.59. The Balaban J connectivity index is 1.82. The maximum atomic E-state index is 12.5. The fraction of sp³-hybridized carbons (Fsp3) is 0.350. The van der Waals surface area contributed by atoms with Gasteiger partial charge >= 0.3 is 0 Å². The molecule has 0 aliphatic rings. The molecule has 5 heteroatoms. The molecule has 2 rings (SSSR count). The lowest BCUT2D eigenvalue weighted by Crippen LogP contribution is -2.37. The van der Waals surface area contributed by atoms with E-state index in [1.54, 1.807) is 12.0 Å². The molecule has 2 aromatic carbocycles. The van der Waals surface area contributed by atoms with Gasteiger partial charge in [-0.15, -0.1) is 0 Å². The summed E-state index contributed by atoms with van der Waals surface area (Å²) < 4.78 is 6.43. The summed E-state index contributed by atoms with van der Waals surface area (Å²) in [4.78, 5) is 16.3. The van der Waals surface area contributed by atoms with E-state index in [-0.39, 0.29) is 5.91 Å². The van der Waals surface area contributed by atoms with Crippen LogP contribution in [0.1, 0.15) is 11.1 Å². The van der Waals surface area contributed by atoms with Gasteiger partial charge in [0.15, 0.2) is 0 Å². The Morgan fingerprint density at radius 1 is 1.08 bits per heavy atom. The van der Waals surface area contributed by atoms with Gasteiger partial charge < -0.3 is 9.64 Å². The highest BCUT2D eigenvalue weighted by molar-refractivity contribution is 9.10. The molecule has 0 fully saturated rings. The van der Waals surface area contributed by atoms with Crippen molar-refractivity contribution in [3.63, 3.8) is 0 Å². The fourth-order valence-corrected chi connectivity index (χ4v) is 2.84. The van der Waals surface area contributed by atoms with Crippen LogP contribution in [-0.4, -0.2) is 50.0 Å². The van der Waals surface area contributed by atoms with Crippen LogP contribution in [0.15, 0.2) is 53.0 Å². The average molecular weight is 405 g/mol. The first-order valence-corrected chi connectivity index (χ1v) is 9.07. The molecule has 0 atom stereocenters. The number of ether oxygens (including phenoxy) is 1. The van der Waals surface area contributed by atoms with Gasteiger partial charge in [-0.25, -0.2) is 0 Å². The lowest BCUT2D eigenvalue weighted by atomic mass is 10.1. The molecule has 2 aromatic rings. The maximum Gasteiger partial charge on any atom is 0.236 e. The van der Waals surface area contributed by atoms with Crippen LogP contribution in [0.25, 0.3) is 0 Å². The zero-order valence-corrected chi connectivity index (χ0v) is 16.6. The number of nitrogens with zero attached hydrogens (tertiary/aromatic N) is 2. The van der Waals surface area contributed by atoms with Crippen LogP contribution >= 0.6 is 15.9 Å². The molecule has 4 nitrogen and oxygen atoms in total. The van der Waals surface area contributed by atoms with E-state index in [1.165, 1.54) is 5.56 Å². The number of hydrogen-bond donors (Lipinski definition) is 0. The van der Waals surface area contributed by atoms with Gasteiger partial charge in [0.25, 0.3) is 0 Å². The second kappa shape index (κ2) is 9.59. The number of benzene rings is 2. The van der Waals surface area contributed by atoms with Crippen LogP contribution in [-0.2, 0) is 17.8 Å². The highest BCUT2D eigenvalue weighted by Crippen LogP contribution is 2.18. The summed E-state index contributed by atoms with van der Waals surface area (Å²) in [6, 6.07) is 16.1. The van der Waals surface area contributed by atoms with E-state index in [1.807, 2.05) is 50.5 Å². The van der Waals surface area contributed by atoms with Crippen molar-refractivity contribution in [2.75, 3.05) is 34.3 Å². The first-order chi connectivity index (χ1) is 12.0. The summed E-state index contributed by atoms with van der Waals surface area (Å²) in [5.74, 6) is 0.912. The Morgan fingerprint density at radius 3 is 2.44 bits per heavy atom. The molecule has 0 saturated heterocycles. The van der Waals surface area contributed by atoms with Crippen molar-refractivity contribution in [3.05, 3.63) is 64.1 Å². The Morgan fingerprint density at radius 2 is 1.76 bits per heavy atom. The molecule has 0 aromatic heterocycles. The van der Waals surface area contributed by atoms with Crippen LogP contribution in [0.3, 0.4) is 0 Å². The lowest BCUT2D eigenvalue weighted by molar-refractivity contribution is -0.131. The smallest absolute Gasteiger partial charge is 0.236 e. The van der Waals surface area contributed by atoms with Gasteiger partial charge in [-0.3, -0.25) is 9.69 Å². The van der Waals surface area contributed by atoms with Crippen molar-refractivity contribution < 1.29 is 9.53 Å². The maximum absolute atomic E-state index is 12.5. The van der Waals surface area contributed by atoms with Crippen molar-refractivity contribution in [2.45, 2.75) is 13.0 Å². The summed E-state index contributed by atoms with van der Waals surface area (Å²) in [6.07, 6.45) is 0.924. The van der Waals surface area contributed by atoms with E-state index in [0.717, 1.165) is 28.8 Å². The molecule has 0 unspecified atom stereocenters. The summed E-state index contributed by atoms with van der Waals surface area (Å²) >= 11 is 3.44. The first kappa shape index (κ1) is 19.5. The van der Waals surface area contributed by atoms with E-state index in [9.17, 15) is 4.79 Å². The molecule has 1 amide bonds. The predicted molar refractivity (Wildman–Crippen MR) is 105 cm³/mol. The van der Waals surface area contributed by atoms with E-state index >= 15 is 0 Å². The molecule has 0 aliphatic heterocycles. The summed E-state index contributed by atoms with van der Waals surface area (Å²) in [5.41, 5.74) is 2.28. The normalized spacial score (nSPS) is 10.8. The Kier molecular flexibility index (Phi) is 7.47. The number of para-hydroxylation sites is 1. The molecule has 0 spiro atoms. The van der Waals surface area contributed by atoms with E-state index < -0.39 is 0 Å². The second-order valence-electron chi connectivity index (χ2n) is 6.18. The zero-order valence-electron chi connectivity index (χ0n) is 15.0. The number of hydrogen-bond acceptors (Lipinski definition) is 3. The topological polar surface area (TPSA) is 32.8 Å². The molecule has 0 N–H and O–H groups in total. The van der Waals surface area contributed by atoms with Gasteiger partial charge in [0.1, 0.15) is 5.75 Å². The van der Waals surface area contributed by atoms with Crippen molar-refractivity contribution in [3.8, 4) is 5.75 Å². The summed E-state index contributed by atoms with van der Waals surface area (Å²) in [6.45, 7) is 1.79. The third kappa shape index (κ3) is 6.18. The minimum atomic E-state index is 0.101. The van der Waals surface area contributed by atoms with Crippen molar-refractivity contribution in [2.24, 2.45) is 0 Å². The molecule has 0 bridgehead atoms. The number of amides is 1. The Hall–Kier alpha value is -1.85. The standard InChI is InChI=1S/C20H25BrN2O2/c1-22(13-12-16-8-10-18(21)11-9-16)15-20(24)23(2)14-17-6-4-5-7-19(17)25-3/h4-11H,12-15H2,1-3H3. The Bertz CT molecular complexity index is 688. The van der Waals surface area contributed by atoms with Crippen LogP contribution in [0.5, 0.6) is 5.75 Å².